The number of likely N-dealkylation sites (N-methyl/N-ethyl adjacent to an activating group) is 2. The summed E-state index contributed by atoms with van der Waals surface area (Å²) in [5, 5.41) is 28.4. The number of hydrogen-bond donors (Lipinski definition) is 4. The molecule has 4 aromatic carbocycles. The lowest BCUT2D eigenvalue weighted by molar-refractivity contribution is -0.145. The predicted octanol–water partition coefficient (Wildman–Crippen LogP) is 7.27. The maximum absolute atomic E-state index is 12.8. The molecule has 4 N–H and O–H groups in total. The van der Waals surface area contributed by atoms with Gasteiger partial charge in [-0.15, -0.1) is 0 Å². The summed E-state index contributed by atoms with van der Waals surface area (Å²) in [5.41, 5.74) is 8.16. The Balaban J connectivity index is 0.703. The van der Waals surface area contributed by atoms with E-state index < -0.39 is 23.9 Å². The van der Waals surface area contributed by atoms with Crippen molar-refractivity contribution in [2.45, 2.75) is 69.2 Å². The fraction of sp³-hybridized carbons (Fsp3) is 0.500. The molecule has 0 saturated carbocycles. The third-order valence-electron chi connectivity index (χ3n) is 13.0. The molecular formula is C56H70Cl4N4O12. The second-order valence-electron chi connectivity index (χ2n) is 19.0. The Morgan fingerprint density at radius 1 is 0.592 bits per heavy atom. The van der Waals surface area contributed by atoms with Crippen LogP contribution in [0.5, 0.6) is 0 Å². The molecule has 2 aliphatic rings. The number of anilines is 1. The van der Waals surface area contributed by atoms with Gasteiger partial charge in [-0.3, -0.25) is 19.2 Å². The van der Waals surface area contributed by atoms with Crippen molar-refractivity contribution in [1.29, 1.82) is 0 Å². The van der Waals surface area contributed by atoms with Crippen LogP contribution in [0, 0.1) is 0 Å². The van der Waals surface area contributed by atoms with Gasteiger partial charge in [0.05, 0.1) is 79.1 Å². The molecule has 76 heavy (non-hydrogen) atoms. The number of ether oxygens (including phenoxy) is 6. The SMILES string of the molecule is CN1Cc2c(Cl)cc(Cl)cc2C(c2cccc(CC(=O)CCOCCOCCOCCNC(=O)[C@H](O)[C@@H](O)C(=O)CCCOCCOCCOCCC(=O)Nc3cccc(C4CN(C)Cc5c(Cl)cc(Cl)cc54)c3)c2)C1. The average Bonchev–Trinajstić information content (AvgIpc) is 3.40. The average molecular weight is 1130 g/mol. The molecular weight excluding hydrogens is 1060 g/mol. The molecule has 20 heteroatoms. The Morgan fingerprint density at radius 3 is 1.67 bits per heavy atom. The largest absolute Gasteiger partial charge is 0.382 e. The van der Waals surface area contributed by atoms with Crippen LogP contribution in [0.15, 0.2) is 72.8 Å². The van der Waals surface area contributed by atoms with Gasteiger partial charge in [-0.25, -0.2) is 0 Å². The van der Waals surface area contributed by atoms with Crippen molar-refractivity contribution in [3.8, 4) is 0 Å². The zero-order valence-corrected chi connectivity index (χ0v) is 46.2. The van der Waals surface area contributed by atoms with Crippen molar-refractivity contribution in [3.05, 3.63) is 132 Å². The Hall–Kier alpha value is -4.08. The number of Topliss-reactive ketones (excluding diaryl/α,β-unsaturated/α-hetero) is 2. The summed E-state index contributed by atoms with van der Waals surface area (Å²) in [5.74, 6) is -1.53. The van der Waals surface area contributed by atoms with Crippen LogP contribution in [0.3, 0.4) is 0 Å². The number of rotatable bonds is 33. The number of hydrogen-bond acceptors (Lipinski definition) is 14. The molecule has 2 unspecified atom stereocenters. The van der Waals surface area contributed by atoms with E-state index in [4.69, 9.17) is 74.8 Å². The summed E-state index contributed by atoms with van der Waals surface area (Å²) in [6.07, 6.45) is -2.87. The van der Waals surface area contributed by atoms with Crippen LogP contribution in [0.25, 0.3) is 0 Å². The second-order valence-corrected chi connectivity index (χ2v) is 20.7. The fourth-order valence-corrected chi connectivity index (χ4v) is 10.3. The minimum absolute atomic E-state index is 0.0478. The standard InChI is InChI=1S/C56H70Cl4N4O12/c1-63-33-46(44-29-40(57)31-50(59)48(44)35-63)38-7-3-6-37(26-38)27-43(65)11-15-72-19-23-76-25-21-74-17-13-61-56(70)55(69)54(68)52(66)10-5-14-71-18-22-75-24-20-73-16-12-53(67)62-42-9-4-8-39(28-42)47-34-64(2)36-49-45(47)30-41(58)32-51(49)60/h3-4,6-9,26,28-32,46-47,54-55,68-69H,5,10-25,27,33-36H2,1-2H3,(H,61,70)(H,62,67)/t46?,47?,54-,55+/m0/s1. The highest BCUT2D eigenvalue weighted by Crippen LogP contribution is 2.40. The summed E-state index contributed by atoms with van der Waals surface area (Å²) in [6, 6.07) is 23.4. The van der Waals surface area contributed by atoms with E-state index in [0.29, 0.717) is 58.6 Å². The molecule has 2 amide bonds. The van der Waals surface area contributed by atoms with Gasteiger partial charge in [0.25, 0.3) is 5.91 Å². The van der Waals surface area contributed by atoms with Gasteiger partial charge in [-0.1, -0.05) is 82.8 Å². The molecule has 2 aliphatic heterocycles. The number of nitrogens with one attached hydrogen (secondary N) is 2. The van der Waals surface area contributed by atoms with Crippen LogP contribution >= 0.6 is 46.4 Å². The van der Waals surface area contributed by atoms with Crippen molar-refractivity contribution in [1.82, 2.24) is 15.1 Å². The minimum atomic E-state index is -1.93. The molecule has 414 valence electrons. The Morgan fingerprint density at radius 2 is 1.09 bits per heavy atom. The number of carbonyl (C=O) groups is 4. The molecule has 0 aliphatic carbocycles. The van der Waals surface area contributed by atoms with Gasteiger partial charge in [0.2, 0.25) is 5.91 Å². The third-order valence-corrected chi connectivity index (χ3v) is 14.1. The molecule has 0 aromatic heterocycles. The van der Waals surface area contributed by atoms with E-state index in [2.05, 4.69) is 46.7 Å². The van der Waals surface area contributed by atoms with E-state index in [0.717, 1.165) is 65.1 Å². The van der Waals surface area contributed by atoms with Gasteiger partial charge < -0.3 is 59.1 Å². The van der Waals surface area contributed by atoms with Crippen molar-refractivity contribution in [3.63, 3.8) is 0 Å². The number of amides is 2. The van der Waals surface area contributed by atoms with Crippen LogP contribution in [-0.4, -0.2) is 169 Å². The summed E-state index contributed by atoms with van der Waals surface area (Å²) < 4.78 is 33.1. The molecule has 0 spiro atoms. The summed E-state index contributed by atoms with van der Waals surface area (Å²) >= 11 is 25.8. The van der Waals surface area contributed by atoms with Gasteiger partial charge >= 0.3 is 0 Å². The first-order valence-corrected chi connectivity index (χ1v) is 27.1. The number of aliphatic hydroxyl groups is 2. The van der Waals surface area contributed by atoms with Crippen molar-refractivity contribution in [2.75, 3.05) is 118 Å². The van der Waals surface area contributed by atoms with E-state index in [1.165, 1.54) is 0 Å². The predicted molar refractivity (Wildman–Crippen MR) is 293 cm³/mol. The molecule has 0 saturated heterocycles. The van der Waals surface area contributed by atoms with E-state index in [9.17, 15) is 29.4 Å². The lowest BCUT2D eigenvalue weighted by Crippen LogP contribution is -2.46. The molecule has 0 fully saturated rings. The lowest BCUT2D eigenvalue weighted by atomic mass is 9.84. The quantitative estimate of drug-likeness (QED) is 0.0348. The number of ketones is 2. The third kappa shape index (κ3) is 19.7. The second kappa shape index (κ2) is 32.1. The summed E-state index contributed by atoms with van der Waals surface area (Å²) in [7, 11) is 4.12. The number of halogens is 4. The highest BCUT2D eigenvalue weighted by molar-refractivity contribution is 6.35. The lowest BCUT2D eigenvalue weighted by Gasteiger charge is -2.33. The molecule has 4 atom stereocenters. The van der Waals surface area contributed by atoms with Crippen molar-refractivity contribution < 1.29 is 57.8 Å². The zero-order valence-electron chi connectivity index (χ0n) is 43.2. The number of aliphatic hydroxyl groups excluding tert-OH is 2. The number of carbonyl (C=O) groups excluding carboxylic acids is 4. The van der Waals surface area contributed by atoms with Crippen LogP contribution in [0.2, 0.25) is 20.1 Å². The van der Waals surface area contributed by atoms with E-state index in [1.807, 2.05) is 48.5 Å². The maximum atomic E-state index is 12.8. The smallest absolute Gasteiger partial charge is 0.252 e. The molecule has 2 heterocycles. The van der Waals surface area contributed by atoms with Gasteiger partial charge in [-0.2, -0.15) is 0 Å². The van der Waals surface area contributed by atoms with Crippen LogP contribution in [0.4, 0.5) is 5.69 Å². The zero-order chi connectivity index (χ0) is 54.4. The van der Waals surface area contributed by atoms with Gasteiger partial charge in [0.1, 0.15) is 11.9 Å². The highest BCUT2D eigenvalue weighted by Gasteiger charge is 2.31. The normalized spacial score (nSPS) is 16.4. The van der Waals surface area contributed by atoms with Gasteiger partial charge in [0.15, 0.2) is 11.9 Å². The van der Waals surface area contributed by atoms with Crippen molar-refractivity contribution >= 4 is 75.5 Å². The summed E-state index contributed by atoms with van der Waals surface area (Å²) in [4.78, 5) is 54.6. The molecule has 4 aromatic rings. The van der Waals surface area contributed by atoms with E-state index >= 15 is 0 Å². The number of fused-ring (bicyclic) bond motifs is 2. The summed E-state index contributed by atoms with van der Waals surface area (Å²) in [6.45, 7) is 6.26. The van der Waals surface area contributed by atoms with Gasteiger partial charge in [0, 0.05) is 96.2 Å². The topological polar surface area (TPSA) is 195 Å². The fourth-order valence-electron chi connectivity index (χ4n) is 9.16. The minimum Gasteiger partial charge on any atom is -0.382 e. The first kappa shape index (κ1) is 61.1. The highest BCUT2D eigenvalue weighted by atomic mass is 35.5. The number of nitrogens with zero attached hydrogens (tertiary/aromatic N) is 2. The first-order valence-electron chi connectivity index (χ1n) is 25.6. The van der Waals surface area contributed by atoms with Crippen molar-refractivity contribution in [2.24, 2.45) is 0 Å². The Labute approximate surface area is 465 Å². The number of benzene rings is 4. The molecule has 0 bridgehead atoms. The van der Waals surface area contributed by atoms with Crippen LogP contribution in [0.1, 0.15) is 76.5 Å². The molecule has 0 radical (unpaired) electrons. The monoisotopic (exact) mass is 1130 g/mol. The molecule has 16 nitrogen and oxygen atoms in total. The Kier molecular flexibility index (Phi) is 25.8. The van der Waals surface area contributed by atoms with Crippen LogP contribution < -0.4 is 10.6 Å². The maximum Gasteiger partial charge on any atom is 0.252 e. The first-order chi connectivity index (χ1) is 36.7. The van der Waals surface area contributed by atoms with E-state index in [-0.39, 0.29) is 109 Å². The van der Waals surface area contributed by atoms with Crippen LogP contribution in [-0.2, 0) is 67.1 Å². The van der Waals surface area contributed by atoms with Gasteiger partial charge in [-0.05, 0) is 95.9 Å². The Bertz CT molecular complexity index is 2370. The van der Waals surface area contributed by atoms with E-state index in [1.54, 1.807) is 12.1 Å². The molecule has 6 rings (SSSR count).